The molecule has 4 aromatic rings. The molecule has 4 heterocycles. The van der Waals surface area contributed by atoms with E-state index in [1.54, 1.807) is 45.3 Å². The van der Waals surface area contributed by atoms with E-state index in [-0.39, 0.29) is 0 Å². The minimum atomic E-state index is -2.90. The Hall–Kier alpha value is -1.01. The molecule has 0 aliphatic heterocycles. The highest BCUT2D eigenvalue weighted by Crippen LogP contribution is 2.42. The Labute approximate surface area is 256 Å². The number of hydrogen-bond donors (Lipinski definition) is 0. The standard InChI is InChI=1S/C28H38O6S4Si2/c1-7-29-39(30-8-2,31-9-3)27-19-17-25(37-27)23-15-13-21(35-23)22-14-16-24(36-22)26-18-20-28(38-26)40(32-10-4,33-11-5)34-12-6/h13-20H,7-12H2,1-6H3. The third-order valence-corrected chi connectivity index (χ3v) is 18.0. The molecule has 40 heavy (non-hydrogen) atoms. The lowest BCUT2D eigenvalue weighted by Crippen LogP contribution is -2.55. The number of thiophene rings is 4. The quantitative estimate of drug-likeness (QED) is 0.110. The molecule has 0 spiro atoms. The van der Waals surface area contributed by atoms with Crippen molar-refractivity contribution in [2.75, 3.05) is 39.6 Å². The normalized spacial score (nSPS) is 12.4. The van der Waals surface area contributed by atoms with E-state index >= 15 is 0 Å². The molecule has 0 bridgehead atoms. The average molecular weight is 655 g/mol. The van der Waals surface area contributed by atoms with Crippen LogP contribution in [0.3, 0.4) is 0 Å². The second-order valence-corrected chi connectivity index (χ2v) is 18.5. The topological polar surface area (TPSA) is 55.4 Å². The minimum Gasteiger partial charge on any atom is -0.370 e. The first-order chi connectivity index (χ1) is 19.5. The summed E-state index contributed by atoms with van der Waals surface area (Å²) in [7, 11) is -5.80. The first kappa shape index (κ1) is 31.9. The van der Waals surface area contributed by atoms with Crippen LogP contribution in [0.1, 0.15) is 41.5 Å². The molecule has 4 aromatic heterocycles. The van der Waals surface area contributed by atoms with Gasteiger partial charge < -0.3 is 26.6 Å². The fourth-order valence-corrected chi connectivity index (χ4v) is 15.0. The van der Waals surface area contributed by atoms with Gasteiger partial charge >= 0.3 is 17.6 Å². The Balaban J connectivity index is 1.56. The van der Waals surface area contributed by atoms with Gasteiger partial charge in [0.25, 0.3) is 0 Å². The van der Waals surface area contributed by atoms with Crippen molar-refractivity contribution in [1.29, 1.82) is 0 Å². The summed E-state index contributed by atoms with van der Waals surface area (Å²) in [6.45, 7) is 15.3. The number of rotatable bonds is 17. The Morgan fingerprint density at radius 3 is 0.850 bits per heavy atom. The maximum atomic E-state index is 6.12. The van der Waals surface area contributed by atoms with E-state index in [4.69, 9.17) is 26.6 Å². The van der Waals surface area contributed by atoms with Crippen molar-refractivity contribution >= 4 is 72.0 Å². The molecule has 0 saturated carbocycles. The Morgan fingerprint density at radius 2 is 0.600 bits per heavy atom. The molecule has 0 radical (unpaired) electrons. The lowest BCUT2D eigenvalue weighted by atomic mass is 10.3. The zero-order valence-corrected chi connectivity index (χ0v) is 29.2. The van der Waals surface area contributed by atoms with Gasteiger partial charge in [-0.3, -0.25) is 0 Å². The molecule has 218 valence electrons. The van der Waals surface area contributed by atoms with Crippen LogP contribution in [-0.4, -0.2) is 57.3 Å². The Morgan fingerprint density at radius 1 is 0.375 bits per heavy atom. The van der Waals surface area contributed by atoms with Crippen LogP contribution in [0, 0.1) is 0 Å². The second-order valence-electron chi connectivity index (χ2n) is 8.37. The molecular weight excluding hydrogens is 617 g/mol. The highest BCUT2D eigenvalue weighted by Gasteiger charge is 2.46. The molecule has 0 N–H and O–H groups in total. The van der Waals surface area contributed by atoms with E-state index in [1.807, 2.05) is 41.5 Å². The molecule has 12 heteroatoms. The van der Waals surface area contributed by atoms with E-state index < -0.39 is 17.6 Å². The van der Waals surface area contributed by atoms with Crippen molar-refractivity contribution in [2.45, 2.75) is 41.5 Å². The predicted octanol–water partition coefficient (Wildman–Crippen LogP) is 7.44. The molecule has 0 aromatic carbocycles. The third kappa shape index (κ3) is 6.96. The van der Waals surface area contributed by atoms with Crippen LogP contribution in [0.25, 0.3) is 29.3 Å². The van der Waals surface area contributed by atoms with E-state index in [1.165, 1.54) is 29.3 Å². The van der Waals surface area contributed by atoms with Crippen molar-refractivity contribution in [3.8, 4) is 29.3 Å². The second kappa shape index (κ2) is 14.9. The zero-order valence-electron chi connectivity index (χ0n) is 23.9. The molecule has 0 aliphatic rings. The monoisotopic (exact) mass is 654 g/mol. The van der Waals surface area contributed by atoms with Gasteiger partial charge in [0.2, 0.25) is 0 Å². The SMILES string of the molecule is CCO[Si](OCC)(OCC)c1ccc(-c2ccc(-c3ccc(-c4ccc([Si](OCC)(OCC)OCC)s4)s3)s2)s1. The van der Waals surface area contributed by atoms with Crippen LogP contribution in [0.2, 0.25) is 0 Å². The first-order valence-electron chi connectivity index (χ1n) is 13.7. The molecule has 0 aliphatic carbocycles. The summed E-state index contributed by atoms with van der Waals surface area (Å²) < 4.78 is 38.8. The van der Waals surface area contributed by atoms with Crippen molar-refractivity contribution < 1.29 is 26.6 Å². The van der Waals surface area contributed by atoms with Gasteiger partial charge in [0.15, 0.2) is 0 Å². The minimum absolute atomic E-state index is 0.557. The summed E-state index contributed by atoms with van der Waals surface area (Å²) in [6.07, 6.45) is 0. The van der Waals surface area contributed by atoms with Gasteiger partial charge in [-0.15, -0.1) is 45.3 Å². The molecule has 0 saturated heterocycles. The van der Waals surface area contributed by atoms with Crippen molar-refractivity contribution in [1.82, 2.24) is 0 Å². The van der Waals surface area contributed by atoms with Crippen molar-refractivity contribution in [3.05, 3.63) is 48.5 Å². The van der Waals surface area contributed by atoms with Crippen LogP contribution < -0.4 is 9.00 Å². The molecule has 6 nitrogen and oxygen atoms in total. The van der Waals surface area contributed by atoms with Gasteiger partial charge in [0, 0.05) is 68.9 Å². The van der Waals surface area contributed by atoms with Gasteiger partial charge in [-0.1, -0.05) is 0 Å². The summed E-state index contributed by atoms with van der Waals surface area (Å²) in [4.78, 5) is 7.36. The smallest absolute Gasteiger partial charge is 0.370 e. The number of hydrogen-bond acceptors (Lipinski definition) is 10. The molecule has 4 rings (SSSR count). The van der Waals surface area contributed by atoms with E-state index in [9.17, 15) is 0 Å². The lowest BCUT2D eigenvalue weighted by molar-refractivity contribution is 0.0859. The highest BCUT2D eigenvalue weighted by atomic mass is 32.1. The highest BCUT2D eigenvalue weighted by molar-refractivity contribution is 7.32. The summed E-state index contributed by atoms with van der Waals surface area (Å²) in [5.74, 6) is 0. The zero-order chi connectivity index (χ0) is 28.6. The van der Waals surface area contributed by atoms with Crippen LogP contribution in [0.5, 0.6) is 0 Å². The van der Waals surface area contributed by atoms with Gasteiger partial charge in [-0.25, -0.2) is 0 Å². The maximum Gasteiger partial charge on any atom is 0.547 e. The summed E-state index contributed by atoms with van der Waals surface area (Å²) in [5.41, 5.74) is 0. The summed E-state index contributed by atoms with van der Waals surface area (Å²) >= 11 is 7.03. The fourth-order valence-electron chi connectivity index (χ4n) is 4.29. The molecule has 0 fully saturated rings. The third-order valence-electron chi connectivity index (χ3n) is 5.76. The van der Waals surface area contributed by atoms with Crippen molar-refractivity contribution in [2.24, 2.45) is 0 Å². The molecular formula is C28H38O6S4Si2. The first-order valence-corrected chi connectivity index (χ1v) is 20.4. The van der Waals surface area contributed by atoms with E-state index in [2.05, 4.69) is 48.5 Å². The van der Waals surface area contributed by atoms with Gasteiger partial charge in [0.1, 0.15) is 0 Å². The van der Waals surface area contributed by atoms with E-state index in [0.29, 0.717) is 39.6 Å². The van der Waals surface area contributed by atoms with E-state index in [0.717, 1.165) is 9.00 Å². The average Bonchev–Trinajstić information content (AvgIpc) is 3.75. The lowest BCUT2D eigenvalue weighted by Gasteiger charge is -2.27. The van der Waals surface area contributed by atoms with Gasteiger partial charge in [-0.05, 0) is 90.1 Å². The fraction of sp³-hybridized carbons (Fsp3) is 0.429. The molecule has 0 amide bonds. The van der Waals surface area contributed by atoms with Gasteiger partial charge in [-0.2, -0.15) is 0 Å². The Bertz CT molecular complexity index is 1200. The maximum absolute atomic E-state index is 6.12. The van der Waals surface area contributed by atoms with Crippen molar-refractivity contribution in [3.63, 3.8) is 0 Å². The van der Waals surface area contributed by atoms with Crippen LogP contribution in [0.4, 0.5) is 0 Å². The van der Waals surface area contributed by atoms with Crippen LogP contribution in [-0.2, 0) is 26.6 Å². The van der Waals surface area contributed by atoms with Gasteiger partial charge in [0.05, 0.1) is 9.00 Å². The summed E-state index contributed by atoms with van der Waals surface area (Å²) in [5, 5.41) is 0. The Kier molecular flexibility index (Phi) is 11.9. The van der Waals surface area contributed by atoms with Crippen LogP contribution >= 0.6 is 45.3 Å². The summed E-state index contributed by atoms with van der Waals surface area (Å²) in [6, 6.07) is 17.4. The molecule has 0 atom stereocenters. The largest absolute Gasteiger partial charge is 0.547 e. The van der Waals surface area contributed by atoms with Crippen LogP contribution in [0.15, 0.2) is 48.5 Å². The molecule has 0 unspecified atom stereocenters. The predicted molar refractivity (Wildman–Crippen MR) is 175 cm³/mol.